The number of amides is 1. The summed E-state index contributed by atoms with van der Waals surface area (Å²) in [5.74, 6) is 1.27. The summed E-state index contributed by atoms with van der Waals surface area (Å²) in [5, 5.41) is 9.56. The average molecular weight is 457 g/mol. The molecule has 0 saturated carbocycles. The van der Waals surface area contributed by atoms with Gasteiger partial charge in [-0.3, -0.25) is 4.79 Å². The molecule has 33 heavy (non-hydrogen) atoms. The van der Waals surface area contributed by atoms with Gasteiger partial charge < -0.3 is 9.47 Å². The first-order valence-corrected chi connectivity index (χ1v) is 12.1. The van der Waals surface area contributed by atoms with Crippen molar-refractivity contribution in [3.8, 4) is 0 Å². The van der Waals surface area contributed by atoms with Crippen molar-refractivity contribution < 1.29 is 4.79 Å². The van der Waals surface area contributed by atoms with E-state index in [1.165, 1.54) is 17.3 Å². The van der Waals surface area contributed by atoms with Crippen LogP contribution in [0, 0.1) is 0 Å². The number of thioether (sulfide) groups is 1. The van der Waals surface area contributed by atoms with Crippen molar-refractivity contribution in [2.75, 3.05) is 12.8 Å². The van der Waals surface area contributed by atoms with Crippen LogP contribution in [-0.4, -0.2) is 38.4 Å². The summed E-state index contributed by atoms with van der Waals surface area (Å²) in [6.45, 7) is 2.84. The third kappa shape index (κ3) is 5.52. The largest absolute Gasteiger partial charge is 0.334 e. The Morgan fingerprint density at radius 2 is 1.42 bits per heavy atom. The lowest BCUT2D eigenvalue weighted by Gasteiger charge is -2.29. The highest BCUT2D eigenvalue weighted by atomic mass is 32.2. The number of nitrogens with zero attached hydrogens (tertiary/aromatic N) is 4. The number of carbonyl (C=O) groups is 1. The number of carbonyl (C=O) groups excluding carboxylic acids is 1. The molecule has 0 N–H and O–H groups in total. The fraction of sp³-hybridized carbons (Fsp3) is 0.222. The van der Waals surface area contributed by atoms with Gasteiger partial charge in [0.2, 0.25) is 5.91 Å². The van der Waals surface area contributed by atoms with Gasteiger partial charge in [0, 0.05) is 20.0 Å². The first-order valence-electron chi connectivity index (χ1n) is 11.1. The summed E-state index contributed by atoms with van der Waals surface area (Å²) < 4.78 is 2.09. The standard InChI is InChI=1S/C27H28N4OS/c1-3-31-24(19-21-13-7-4-8-14-21)28-29-27(31)33-20-25(32)30(2)26(22-15-9-5-10-16-22)23-17-11-6-12-18-23/h4-18,26H,3,19-20H2,1-2H3. The Hall–Kier alpha value is -3.38. The van der Waals surface area contributed by atoms with Crippen LogP contribution in [0.1, 0.15) is 35.5 Å². The van der Waals surface area contributed by atoms with Gasteiger partial charge in [-0.2, -0.15) is 0 Å². The van der Waals surface area contributed by atoms with Crippen LogP contribution >= 0.6 is 11.8 Å². The van der Waals surface area contributed by atoms with E-state index in [1.54, 1.807) is 0 Å². The highest BCUT2D eigenvalue weighted by Crippen LogP contribution is 2.29. The lowest BCUT2D eigenvalue weighted by Crippen LogP contribution is -2.33. The summed E-state index contributed by atoms with van der Waals surface area (Å²) in [6.07, 6.45) is 0.722. The maximum absolute atomic E-state index is 13.2. The minimum Gasteiger partial charge on any atom is -0.334 e. The summed E-state index contributed by atoms with van der Waals surface area (Å²) >= 11 is 1.45. The highest BCUT2D eigenvalue weighted by molar-refractivity contribution is 7.99. The van der Waals surface area contributed by atoms with Crippen LogP contribution in [0.5, 0.6) is 0 Å². The molecule has 4 rings (SSSR count). The van der Waals surface area contributed by atoms with E-state index in [9.17, 15) is 4.79 Å². The number of hydrogen-bond acceptors (Lipinski definition) is 4. The van der Waals surface area contributed by atoms with E-state index in [0.29, 0.717) is 5.75 Å². The predicted octanol–water partition coefficient (Wildman–Crippen LogP) is 5.23. The average Bonchev–Trinajstić information content (AvgIpc) is 3.25. The molecule has 1 amide bonds. The molecule has 168 valence electrons. The number of aromatic nitrogens is 3. The van der Waals surface area contributed by atoms with Crippen LogP contribution in [0.4, 0.5) is 0 Å². The molecule has 0 bridgehead atoms. The summed E-state index contributed by atoms with van der Waals surface area (Å²) in [4.78, 5) is 15.1. The fourth-order valence-electron chi connectivity index (χ4n) is 3.94. The lowest BCUT2D eigenvalue weighted by atomic mass is 9.97. The number of benzene rings is 3. The quantitative estimate of drug-likeness (QED) is 0.324. The van der Waals surface area contributed by atoms with Gasteiger partial charge in [-0.1, -0.05) is 103 Å². The highest BCUT2D eigenvalue weighted by Gasteiger charge is 2.24. The van der Waals surface area contributed by atoms with Crippen LogP contribution in [-0.2, 0) is 17.8 Å². The molecule has 0 spiro atoms. The maximum Gasteiger partial charge on any atom is 0.233 e. The second-order valence-corrected chi connectivity index (χ2v) is 8.77. The Balaban J connectivity index is 1.48. The van der Waals surface area contributed by atoms with Gasteiger partial charge in [-0.05, 0) is 23.6 Å². The first kappa shape index (κ1) is 22.8. The second kappa shape index (κ2) is 11.0. The van der Waals surface area contributed by atoms with E-state index in [1.807, 2.05) is 66.5 Å². The molecular formula is C27H28N4OS. The van der Waals surface area contributed by atoms with Crippen LogP contribution in [0.25, 0.3) is 0 Å². The Labute approximate surface area is 199 Å². The van der Waals surface area contributed by atoms with Crippen molar-refractivity contribution in [1.29, 1.82) is 0 Å². The molecule has 1 heterocycles. The van der Waals surface area contributed by atoms with Crippen molar-refractivity contribution in [3.05, 3.63) is 114 Å². The first-order chi connectivity index (χ1) is 16.2. The van der Waals surface area contributed by atoms with Gasteiger partial charge in [0.25, 0.3) is 0 Å². The van der Waals surface area contributed by atoms with Gasteiger partial charge in [-0.15, -0.1) is 10.2 Å². The molecule has 4 aromatic rings. The van der Waals surface area contributed by atoms with Crippen molar-refractivity contribution in [3.63, 3.8) is 0 Å². The third-order valence-corrected chi connectivity index (χ3v) is 6.60. The molecule has 1 aromatic heterocycles. The van der Waals surface area contributed by atoms with E-state index < -0.39 is 0 Å². The van der Waals surface area contributed by atoms with Crippen LogP contribution < -0.4 is 0 Å². The van der Waals surface area contributed by atoms with E-state index >= 15 is 0 Å². The minimum atomic E-state index is -0.141. The smallest absolute Gasteiger partial charge is 0.233 e. The van der Waals surface area contributed by atoms with E-state index in [-0.39, 0.29) is 11.9 Å². The van der Waals surface area contributed by atoms with E-state index in [4.69, 9.17) is 0 Å². The van der Waals surface area contributed by atoms with Gasteiger partial charge in [0.1, 0.15) is 5.82 Å². The molecule has 0 saturated heterocycles. The van der Waals surface area contributed by atoms with Crippen LogP contribution in [0.3, 0.4) is 0 Å². The topological polar surface area (TPSA) is 51.0 Å². The monoisotopic (exact) mass is 456 g/mol. The van der Waals surface area contributed by atoms with Gasteiger partial charge >= 0.3 is 0 Å². The minimum absolute atomic E-state index is 0.0490. The molecule has 0 unspecified atom stereocenters. The fourth-order valence-corrected chi connectivity index (χ4v) is 4.88. The molecule has 0 aliphatic rings. The van der Waals surface area contributed by atoms with Crippen molar-refractivity contribution >= 4 is 17.7 Å². The predicted molar refractivity (Wildman–Crippen MR) is 133 cm³/mol. The molecule has 3 aromatic carbocycles. The van der Waals surface area contributed by atoms with Gasteiger partial charge in [0.05, 0.1) is 11.8 Å². The molecule has 6 heteroatoms. The molecule has 0 aliphatic heterocycles. The van der Waals surface area contributed by atoms with Gasteiger partial charge in [0.15, 0.2) is 5.16 Å². The zero-order chi connectivity index (χ0) is 23.0. The van der Waals surface area contributed by atoms with Gasteiger partial charge in [-0.25, -0.2) is 0 Å². The van der Waals surface area contributed by atoms with Crippen LogP contribution in [0.2, 0.25) is 0 Å². The Bertz CT molecular complexity index is 1120. The summed E-state index contributed by atoms with van der Waals surface area (Å²) in [7, 11) is 1.87. The Morgan fingerprint density at radius 3 is 1.97 bits per heavy atom. The lowest BCUT2D eigenvalue weighted by molar-refractivity contribution is -0.128. The van der Waals surface area contributed by atoms with Crippen molar-refractivity contribution in [2.45, 2.75) is 31.1 Å². The second-order valence-electron chi connectivity index (χ2n) is 7.82. The van der Waals surface area contributed by atoms with Crippen LogP contribution in [0.15, 0.2) is 96.2 Å². The molecule has 5 nitrogen and oxygen atoms in total. The van der Waals surface area contributed by atoms with E-state index in [0.717, 1.165) is 35.1 Å². The summed E-state index contributed by atoms with van der Waals surface area (Å²) in [6, 6.07) is 30.4. The molecule has 0 aliphatic carbocycles. The maximum atomic E-state index is 13.2. The zero-order valence-electron chi connectivity index (χ0n) is 19.0. The molecular weight excluding hydrogens is 428 g/mol. The van der Waals surface area contributed by atoms with Crippen molar-refractivity contribution in [2.24, 2.45) is 0 Å². The number of rotatable bonds is 9. The Kier molecular flexibility index (Phi) is 7.58. The number of hydrogen-bond donors (Lipinski definition) is 0. The molecule has 0 fully saturated rings. The molecule has 0 radical (unpaired) electrons. The van der Waals surface area contributed by atoms with E-state index in [2.05, 4.69) is 58.1 Å². The zero-order valence-corrected chi connectivity index (χ0v) is 19.8. The SMILES string of the molecule is CCn1c(Cc2ccccc2)nnc1SCC(=O)N(C)C(c1ccccc1)c1ccccc1. The molecule has 0 atom stereocenters. The third-order valence-electron chi connectivity index (χ3n) is 5.65. The normalized spacial score (nSPS) is 11.0. The Morgan fingerprint density at radius 1 is 0.879 bits per heavy atom. The summed E-state index contributed by atoms with van der Waals surface area (Å²) in [5.41, 5.74) is 3.37. The van der Waals surface area contributed by atoms with Crippen molar-refractivity contribution in [1.82, 2.24) is 19.7 Å².